The molecule has 0 aromatic carbocycles. The lowest BCUT2D eigenvalue weighted by atomic mass is 9.53. The molecule has 4 saturated carbocycles. The normalized spacial score (nSPS) is 21.3. The summed E-state index contributed by atoms with van der Waals surface area (Å²) in [4.78, 5) is 71.9. The van der Waals surface area contributed by atoms with Crippen LogP contribution in [-0.4, -0.2) is 111 Å². The van der Waals surface area contributed by atoms with Crippen LogP contribution in [-0.2, 0) is 24.0 Å². The standard InChI is InChI=1S/C36H63N7O9/c1-27(44)41(50)18-8-2-5-15-37-31(45)11-13-33(47)42(51)19-9-3-6-16-38-32(46)12-14-34(48)43(52)20-10-4-7-17-39-35(49)40-36-24-28-21-29(25-36)23-30(22-28)26-36/h28-30,50-52H,2-26H2,1H3,(H,37,45)(H,38,46)(H2,39,40,49). The first kappa shape index (κ1) is 42.9. The molecule has 0 unspecified atom stereocenters. The number of hydroxylamine groups is 6. The van der Waals surface area contributed by atoms with Gasteiger partial charge in [-0.1, -0.05) is 0 Å². The number of hydrogen-bond donors (Lipinski definition) is 7. The molecule has 4 fully saturated rings. The molecule has 52 heavy (non-hydrogen) atoms. The Morgan fingerprint density at radius 3 is 1.33 bits per heavy atom. The lowest BCUT2D eigenvalue weighted by molar-refractivity contribution is -0.166. The zero-order valence-electron chi connectivity index (χ0n) is 31.0. The monoisotopic (exact) mass is 737 g/mol. The van der Waals surface area contributed by atoms with Crippen LogP contribution in [0.3, 0.4) is 0 Å². The molecule has 0 aromatic heterocycles. The quantitative estimate of drug-likeness (QED) is 0.0415. The number of carbonyl (C=O) groups is 6. The molecule has 0 heterocycles. The summed E-state index contributed by atoms with van der Waals surface area (Å²) in [6.45, 7) is 3.09. The molecular formula is C36H63N7O9. The van der Waals surface area contributed by atoms with Crippen LogP contribution >= 0.6 is 0 Å². The van der Waals surface area contributed by atoms with Crippen LogP contribution < -0.4 is 21.3 Å². The Hall–Kier alpha value is -3.50. The molecule has 0 radical (unpaired) electrons. The minimum Gasteiger partial charge on any atom is -0.356 e. The van der Waals surface area contributed by atoms with E-state index in [2.05, 4.69) is 21.3 Å². The fourth-order valence-corrected chi connectivity index (χ4v) is 8.18. The van der Waals surface area contributed by atoms with Gasteiger partial charge in [0.15, 0.2) is 0 Å². The number of amides is 7. The molecule has 0 aromatic rings. The van der Waals surface area contributed by atoms with Crippen molar-refractivity contribution in [2.45, 2.75) is 134 Å². The van der Waals surface area contributed by atoms with Gasteiger partial charge < -0.3 is 21.3 Å². The number of hydrogen-bond acceptors (Lipinski definition) is 9. The van der Waals surface area contributed by atoms with Crippen molar-refractivity contribution in [1.29, 1.82) is 0 Å². The Balaban J connectivity index is 1.09. The van der Waals surface area contributed by atoms with E-state index in [9.17, 15) is 44.4 Å². The van der Waals surface area contributed by atoms with E-state index in [0.717, 1.165) is 49.9 Å². The Bertz CT molecular complexity index is 1150. The fourth-order valence-electron chi connectivity index (χ4n) is 8.18. The summed E-state index contributed by atoms with van der Waals surface area (Å²) in [5.41, 5.74) is -0.0158. The maximum Gasteiger partial charge on any atom is 0.315 e. The van der Waals surface area contributed by atoms with Gasteiger partial charge in [-0.25, -0.2) is 20.0 Å². The predicted molar refractivity (Wildman–Crippen MR) is 190 cm³/mol. The van der Waals surface area contributed by atoms with Gasteiger partial charge in [0.1, 0.15) is 0 Å². The third-order valence-electron chi connectivity index (χ3n) is 10.6. The van der Waals surface area contributed by atoms with Gasteiger partial charge in [0.25, 0.3) is 0 Å². The Morgan fingerprint density at radius 1 is 0.538 bits per heavy atom. The third kappa shape index (κ3) is 16.0. The van der Waals surface area contributed by atoms with E-state index in [1.165, 1.54) is 26.2 Å². The highest BCUT2D eigenvalue weighted by Crippen LogP contribution is 2.55. The second-order valence-corrected chi connectivity index (χ2v) is 15.1. The van der Waals surface area contributed by atoms with Crippen LogP contribution in [0.5, 0.6) is 0 Å². The Kier molecular flexibility index (Phi) is 18.6. The zero-order chi connectivity index (χ0) is 37.9. The van der Waals surface area contributed by atoms with E-state index < -0.39 is 17.7 Å². The van der Waals surface area contributed by atoms with Crippen molar-refractivity contribution in [2.75, 3.05) is 39.3 Å². The van der Waals surface area contributed by atoms with Crippen LogP contribution in [0.25, 0.3) is 0 Å². The number of nitrogens with one attached hydrogen (secondary N) is 4. The topological polar surface area (TPSA) is 221 Å². The second kappa shape index (κ2) is 22.5. The molecule has 0 spiro atoms. The molecular weight excluding hydrogens is 674 g/mol. The summed E-state index contributed by atoms with van der Waals surface area (Å²) in [6.07, 6.45) is 12.8. The van der Waals surface area contributed by atoms with Gasteiger partial charge in [0.2, 0.25) is 29.5 Å². The van der Waals surface area contributed by atoms with Gasteiger partial charge in [-0.05, 0) is 114 Å². The second-order valence-electron chi connectivity index (χ2n) is 15.1. The zero-order valence-corrected chi connectivity index (χ0v) is 31.0. The average Bonchev–Trinajstić information content (AvgIpc) is 3.09. The van der Waals surface area contributed by atoms with Crippen molar-refractivity contribution in [3.63, 3.8) is 0 Å². The van der Waals surface area contributed by atoms with E-state index >= 15 is 0 Å². The molecule has 7 amide bonds. The van der Waals surface area contributed by atoms with E-state index in [0.29, 0.717) is 79.8 Å². The van der Waals surface area contributed by atoms with Crippen molar-refractivity contribution in [3.05, 3.63) is 0 Å². The fraction of sp³-hybridized carbons (Fsp3) is 0.833. The lowest BCUT2D eigenvalue weighted by Crippen LogP contribution is -2.61. The van der Waals surface area contributed by atoms with Crippen molar-refractivity contribution >= 4 is 35.6 Å². The van der Waals surface area contributed by atoms with Crippen LogP contribution in [0.4, 0.5) is 4.79 Å². The molecule has 4 bridgehead atoms. The van der Waals surface area contributed by atoms with Gasteiger partial charge in [0, 0.05) is 77.4 Å². The van der Waals surface area contributed by atoms with Crippen LogP contribution in [0.2, 0.25) is 0 Å². The Morgan fingerprint density at radius 2 is 0.923 bits per heavy atom. The summed E-state index contributed by atoms with van der Waals surface area (Å²) < 4.78 is 0. The average molecular weight is 738 g/mol. The SMILES string of the molecule is CC(=O)N(O)CCCCCNC(=O)CCC(=O)N(O)CCCCCNC(=O)CCC(=O)N(O)CCCCCNC(=O)NC12CC3CC(CC(C3)C1)C2. The van der Waals surface area contributed by atoms with Gasteiger partial charge in [0.05, 0.1) is 0 Å². The summed E-state index contributed by atoms with van der Waals surface area (Å²) >= 11 is 0. The van der Waals surface area contributed by atoms with Crippen molar-refractivity contribution in [2.24, 2.45) is 17.8 Å². The molecule has 0 atom stereocenters. The maximum absolute atomic E-state index is 12.6. The molecule has 4 aliphatic carbocycles. The molecule has 4 aliphatic rings. The molecule has 0 aliphatic heterocycles. The first-order chi connectivity index (χ1) is 24.9. The van der Waals surface area contributed by atoms with Crippen molar-refractivity contribution in [1.82, 2.24) is 36.5 Å². The minimum atomic E-state index is -0.554. The summed E-state index contributed by atoms with van der Waals surface area (Å²) in [6, 6.07) is -0.0935. The highest BCUT2D eigenvalue weighted by Gasteiger charge is 2.51. The summed E-state index contributed by atoms with van der Waals surface area (Å²) in [5.74, 6) is 0.204. The summed E-state index contributed by atoms with van der Waals surface area (Å²) in [5, 5.41) is 42.9. The number of unbranched alkanes of at least 4 members (excludes halogenated alkanes) is 6. The van der Waals surface area contributed by atoms with Crippen LogP contribution in [0, 0.1) is 17.8 Å². The number of carbonyl (C=O) groups excluding carboxylic acids is 6. The van der Waals surface area contributed by atoms with Crippen molar-refractivity contribution in [3.8, 4) is 0 Å². The molecule has 296 valence electrons. The third-order valence-corrected chi connectivity index (χ3v) is 10.6. The number of nitrogens with zero attached hydrogens (tertiary/aromatic N) is 3. The van der Waals surface area contributed by atoms with Crippen LogP contribution in [0.15, 0.2) is 0 Å². The molecule has 4 rings (SSSR count). The molecule has 7 N–H and O–H groups in total. The first-order valence-corrected chi connectivity index (χ1v) is 19.4. The highest BCUT2D eigenvalue weighted by molar-refractivity contribution is 5.83. The van der Waals surface area contributed by atoms with E-state index in [-0.39, 0.29) is 68.7 Å². The number of urea groups is 1. The predicted octanol–water partition coefficient (Wildman–Crippen LogP) is 3.23. The van der Waals surface area contributed by atoms with E-state index in [1.807, 2.05) is 0 Å². The van der Waals surface area contributed by atoms with E-state index in [1.54, 1.807) is 0 Å². The van der Waals surface area contributed by atoms with Crippen molar-refractivity contribution < 1.29 is 44.4 Å². The first-order valence-electron chi connectivity index (χ1n) is 19.4. The van der Waals surface area contributed by atoms with E-state index in [4.69, 9.17) is 0 Å². The Labute approximate surface area is 307 Å². The van der Waals surface area contributed by atoms with Gasteiger partial charge in [-0.2, -0.15) is 0 Å². The molecule has 16 heteroatoms. The smallest absolute Gasteiger partial charge is 0.315 e. The maximum atomic E-state index is 12.6. The molecule has 16 nitrogen and oxygen atoms in total. The highest BCUT2D eigenvalue weighted by atomic mass is 16.5. The van der Waals surface area contributed by atoms with Crippen LogP contribution in [0.1, 0.15) is 129 Å². The lowest BCUT2D eigenvalue weighted by Gasteiger charge is -2.56. The largest absolute Gasteiger partial charge is 0.356 e. The summed E-state index contributed by atoms with van der Waals surface area (Å²) in [7, 11) is 0. The molecule has 0 saturated heterocycles. The number of rotatable bonds is 25. The van der Waals surface area contributed by atoms with Gasteiger partial charge in [-0.3, -0.25) is 39.6 Å². The van der Waals surface area contributed by atoms with Gasteiger partial charge in [-0.15, -0.1) is 0 Å². The van der Waals surface area contributed by atoms with Gasteiger partial charge >= 0.3 is 6.03 Å². The minimum absolute atomic E-state index is 0.0158.